The maximum Gasteiger partial charge on any atom is 0.224 e. The van der Waals surface area contributed by atoms with Crippen molar-refractivity contribution >= 4 is 27.5 Å². The van der Waals surface area contributed by atoms with Gasteiger partial charge in [-0.2, -0.15) is 0 Å². The van der Waals surface area contributed by atoms with Gasteiger partial charge in [-0.3, -0.25) is 4.79 Å². The molecule has 146 valence electrons. The Kier molecular flexibility index (Phi) is 7.50. The smallest absolute Gasteiger partial charge is 0.224 e. The first-order valence-electron chi connectivity index (χ1n) is 9.29. The number of hydrogen-bond donors (Lipinski definition) is 1. The molecular weight excluding hydrogens is 372 g/mol. The molecule has 1 aromatic carbocycles. The van der Waals surface area contributed by atoms with E-state index in [1.165, 1.54) is 4.31 Å². The van der Waals surface area contributed by atoms with Gasteiger partial charge in [-0.25, -0.2) is 12.7 Å². The molecule has 2 atom stereocenters. The molecule has 0 saturated carbocycles. The molecule has 2 rings (SSSR count). The van der Waals surface area contributed by atoms with Crippen LogP contribution in [0.3, 0.4) is 0 Å². The Morgan fingerprint density at radius 1 is 1.35 bits per heavy atom. The summed E-state index contributed by atoms with van der Waals surface area (Å²) >= 11 is 6.31. The zero-order valence-electron chi connectivity index (χ0n) is 15.7. The normalized spacial score (nSPS) is 20.1. The minimum absolute atomic E-state index is 0.0972. The lowest BCUT2D eigenvalue weighted by Gasteiger charge is -2.33. The number of benzene rings is 1. The van der Waals surface area contributed by atoms with Crippen molar-refractivity contribution in [1.82, 2.24) is 9.62 Å². The number of amides is 1. The Hall–Kier alpha value is -1.11. The Balaban J connectivity index is 2.11. The van der Waals surface area contributed by atoms with Crippen LogP contribution < -0.4 is 5.32 Å². The first kappa shape index (κ1) is 21.2. The third kappa shape index (κ3) is 5.21. The number of hydrogen-bond acceptors (Lipinski definition) is 3. The summed E-state index contributed by atoms with van der Waals surface area (Å²) in [5.41, 5.74) is 0.892. The number of halogens is 1. The molecular formula is C19H29ClN2O3S. The molecule has 26 heavy (non-hydrogen) atoms. The van der Waals surface area contributed by atoms with E-state index in [0.717, 1.165) is 5.56 Å². The highest BCUT2D eigenvalue weighted by atomic mass is 35.5. The SMILES string of the molecule is CCCS(=O)(=O)N1CCCC(C(=O)NC(c2ccccc2Cl)C(C)C)C1. The van der Waals surface area contributed by atoms with Crippen LogP contribution in [0.25, 0.3) is 0 Å². The number of nitrogens with one attached hydrogen (secondary N) is 1. The Bertz CT molecular complexity index is 721. The van der Waals surface area contributed by atoms with Gasteiger partial charge in [-0.05, 0) is 36.8 Å². The molecule has 1 aliphatic heterocycles. The van der Waals surface area contributed by atoms with Crippen molar-refractivity contribution in [2.75, 3.05) is 18.8 Å². The second-order valence-electron chi connectivity index (χ2n) is 7.26. The van der Waals surface area contributed by atoms with E-state index < -0.39 is 10.0 Å². The maximum atomic E-state index is 12.9. The first-order chi connectivity index (χ1) is 12.3. The number of nitrogens with zero attached hydrogens (tertiary/aromatic N) is 1. The van der Waals surface area contributed by atoms with Crippen molar-refractivity contribution in [3.8, 4) is 0 Å². The summed E-state index contributed by atoms with van der Waals surface area (Å²) in [4.78, 5) is 12.9. The van der Waals surface area contributed by atoms with Crippen LogP contribution in [0.2, 0.25) is 5.02 Å². The predicted octanol–water partition coefficient (Wildman–Crippen LogP) is 3.61. The van der Waals surface area contributed by atoms with Crippen LogP contribution in [0.15, 0.2) is 24.3 Å². The fraction of sp³-hybridized carbons (Fsp3) is 0.632. The number of carbonyl (C=O) groups is 1. The van der Waals surface area contributed by atoms with E-state index in [9.17, 15) is 13.2 Å². The molecule has 1 N–H and O–H groups in total. The largest absolute Gasteiger partial charge is 0.349 e. The highest BCUT2D eigenvalue weighted by Crippen LogP contribution is 2.29. The van der Waals surface area contributed by atoms with E-state index >= 15 is 0 Å². The lowest BCUT2D eigenvalue weighted by Crippen LogP contribution is -2.47. The minimum atomic E-state index is -3.27. The number of sulfonamides is 1. The molecule has 7 heteroatoms. The summed E-state index contributed by atoms with van der Waals surface area (Å²) in [6.45, 7) is 6.69. The number of piperidine rings is 1. The first-order valence-corrected chi connectivity index (χ1v) is 11.3. The van der Waals surface area contributed by atoms with Crippen LogP contribution in [0, 0.1) is 11.8 Å². The Morgan fingerprint density at radius 2 is 2.04 bits per heavy atom. The van der Waals surface area contributed by atoms with Gasteiger partial charge in [0.25, 0.3) is 0 Å². The predicted molar refractivity (Wildman–Crippen MR) is 106 cm³/mol. The summed E-state index contributed by atoms with van der Waals surface area (Å²) in [5.74, 6) is -0.114. The third-order valence-electron chi connectivity index (χ3n) is 4.82. The second kappa shape index (κ2) is 9.20. The van der Waals surface area contributed by atoms with Crippen LogP contribution in [0.1, 0.15) is 51.6 Å². The van der Waals surface area contributed by atoms with E-state index in [1.54, 1.807) is 0 Å². The molecule has 1 fully saturated rings. The molecule has 0 bridgehead atoms. The summed E-state index contributed by atoms with van der Waals surface area (Å²) in [6, 6.07) is 7.31. The Morgan fingerprint density at radius 3 is 2.65 bits per heavy atom. The van der Waals surface area contributed by atoms with Crippen molar-refractivity contribution in [1.29, 1.82) is 0 Å². The molecule has 1 aliphatic rings. The van der Waals surface area contributed by atoms with Crippen LogP contribution in [-0.4, -0.2) is 37.5 Å². The van der Waals surface area contributed by atoms with Gasteiger partial charge in [0.1, 0.15) is 0 Å². The molecule has 1 saturated heterocycles. The van der Waals surface area contributed by atoms with Gasteiger partial charge in [-0.1, -0.05) is 50.6 Å². The topological polar surface area (TPSA) is 66.5 Å². The molecule has 1 aromatic rings. The number of rotatable bonds is 7. The van der Waals surface area contributed by atoms with E-state index in [4.69, 9.17) is 11.6 Å². The summed E-state index contributed by atoms with van der Waals surface area (Å²) in [6.07, 6.45) is 1.99. The second-order valence-corrected chi connectivity index (χ2v) is 9.76. The Labute approximate surface area is 162 Å². The van der Waals surface area contributed by atoms with Crippen LogP contribution >= 0.6 is 11.6 Å². The van der Waals surface area contributed by atoms with Crippen molar-refractivity contribution in [3.63, 3.8) is 0 Å². The summed E-state index contributed by atoms with van der Waals surface area (Å²) in [5, 5.41) is 3.73. The minimum Gasteiger partial charge on any atom is -0.349 e. The van der Waals surface area contributed by atoms with Crippen LogP contribution in [-0.2, 0) is 14.8 Å². The fourth-order valence-corrected chi connectivity index (χ4v) is 5.24. The monoisotopic (exact) mass is 400 g/mol. The van der Waals surface area contributed by atoms with E-state index in [1.807, 2.05) is 45.0 Å². The van der Waals surface area contributed by atoms with Gasteiger partial charge in [-0.15, -0.1) is 0 Å². The van der Waals surface area contributed by atoms with Gasteiger partial charge < -0.3 is 5.32 Å². The third-order valence-corrected chi connectivity index (χ3v) is 7.20. The highest BCUT2D eigenvalue weighted by molar-refractivity contribution is 7.89. The molecule has 0 aromatic heterocycles. The number of carbonyl (C=O) groups excluding carboxylic acids is 1. The average molecular weight is 401 g/mol. The lowest BCUT2D eigenvalue weighted by molar-refractivity contribution is -0.127. The molecule has 1 amide bonds. The standard InChI is InChI=1S/C19H29ClN2O3S/c1-4-12-26(24,25)22-11-7-8-15(13-22)19(23)21-18(14(2)3)16-9-5-6-10-17(16)20/h5-6,9-10,14-15,18H,4,7-8,11-13H2,1-3H3,(H,21,23). The van der Waals surface area contributed by atoms with Crippen molar-refractivity contribution in [2.24, 2.45) is 11.8 Å². The van der Waals surface area contributed by atoms with E-state index in [-0.39, 0.29) is 36.1 Å². The molecule has 0 aliphatic carbocycles. The molecule has 2 unspecified atom stereocenters. The zero-order valence-corrected chi connectivity index (χ0v) is 17.3. The summed E-state index contributed by atoms with van der Waals surface area (Å²) in [7, 11) is -3.27. The van der Waals surface area contributed by atoms with Gasteiger partial charge in [0.15, 0.2) is 0 Å². The van der Waals surface area contributed by atoms with E-state index in [2.05, 4.69) is 5.32 Å². The lowest BCUT2D eigenvalue weighted by atomic mass is 9.93. The van der Waals surface area contributed by atoms with Gasteiger partial charge in [0.05, 0.1) is 17.7 Å². The van der Waals surface area contributed by atoms with Gasteiger partial charge >= 0.3 is 0 Å². The zero-order chi connectivity index (χ0) is 19.3. The van der Waals surface area contributed by atoms with Crippen LogP contribution in [0.4, 0.5) is 0 Å². The molecule has 1 heterocycles. The van der Waals surface area contributed by atoms with E-state index in [0.29, 0.717) is 30.8 Å². The molecule has 5 nitrogen and oxygen atoms in total. The maximum absolute atomic E-state index is 12.9. The molecule has 0 radical (unpaired) electrons. The molecule has 0 spiro atoms. The van der Waals surface area contributed by atoms with Crippen molar-refractivity contribution in [2.45, 2.75) is 46.1 Å². The summed E-state index contributed by atoms with van der Waals surface area (Å²) < 4.78 is 26.1. The van der Waals surface area contributed by atoms with Crippen molar-refractivity contribution in [3.05, 3.63) is 34.9 Å². The average Bonchev–Trinajstić information content (AvgIpc) is 2.60. The fourth-order valence-electron chi connectivity index (χ4n) is 3.40. The quantitative estimate of drug-likeness (QED) is 0.760. The van der Waals surface area contributed by atoms with Gasteiger partial charge in [0, 0.05) is 18.1 Å². The van der Waals surface area contributed by atoms with Gasteiger partial charge in [0.2, 0.25) is 15.9 Å². The van der Waals surface area contributed by atoms with Crippen LogP contribution in [0.5, 0.6) is 0 Å². The highest BCUT2D eigenvalue weighted by Gasteiger charge is 2.33. The van der Waals surface area contributed by atoms with Crippen molar-refractivity contribution < 1.29 is 13.2 Å².